The number of carbonyl (C=O) groups excluding carboxylic acids is 1. The highest BCUT2D eigenvalue weighted by Gasteiger charge is 2.25. The molecule has 0 saturated carbocycles. The number of likely N-dealkylation sites (tertiary alicyclic amines) is 1. The van der Waals surface area contributed by atoms with Crippen molar-refractivity contribution in [2.75, 3.05) is 19.6 Å². The van der Waals surface area contributed by atoms with E-state index in [-0.39, 0.29) is 18.3 Å². The van der Waals surface area contributed by atoms with Crippen molar-refractivity contribution in [1.82, 2.24) is 4.90 Å². The Kier molecular flexibility index (Phi) is 3.74. The van der Waals surface area contributed by atoms with E-state index < -0.39 is 0 Å². The monoisotopic (exact) mass is 236 g/mol. The van der Waals surface area contributed by atoms with Gasteiger partial charge in [-0.15, -0.1) is 0 Å². The average Bonchev–Trinajstić information content (AvgIpc) is 2.80. The molecule has 1 atom stereocenters. The topological polar surface area (TPSA) is 46.3 Å². The maximum atomic E-state index is 12.7. The first kappa shape index (κ1) is 12.0. The Morgan fingerprint density at radius 2 is 2.12 bits per heavy atom. The fourth-order valence-corrected chi connectivity index (χ4v) is 2.31. The second-order valence-electron chi connectivity index (χ2n) is 4.53. The van der Waals surface area contributed by atoms with E-state index in [1.54, 1.807) is 0 Å². The third kappa shape index (κ3) is 3.03. The molecule has 1 saturated heterocycles. The Labute approximate surface area is 100 Å². The molecule has 2 N–H and O–H groups in total. The molecule has 17 heavy (non-hydrogen) atoms. The summed E-state index contributed by atoms with van der Waals surface area (Å²) >= 11 is 0. The minimum absolute atomic E-state index is 0.0200. The van der Waals surface area contributed by atoms with Crippen LogP contribution in [-0.2, 0) is 11.2 Å². The van der Waals surface area contributed by atoms with Gasteiger partial charge in [-0.05, 0) is 36.5 Å². The van der Waals surface area contributed by atoms with Gasteiger partial charge in [0.05, 0.1) is 6.54 Å². The van der Waals surface area contributed by atoms with Crippen molar-refractivity contribution in [1.29, 1.82) is 0 Å². The fraction of sp³-hybridized carbons (Fsp3) is 0.462. The third-order valence-electron chi connectivity index (χ3n) is 3.25. The van der Waals surface area contributed by atoms with Gasteiger partial charge in [0, 0.05) is 13.1 Å². The maximum Gasteiger partial charge on any atom is 0.236 e. The van der Waals surface area contributed by atoms with Crippen LogP contribution in [0.5, 0.6) is 0 Å². The molecule has 0 aliphatic carbocycles. The number of hydrogen-bond donors (Lipinski definition) is 1. The van der Waals surface area contributed by atoms with Crippen molar-refractivity contribution in [3.8, 4) is 0 Å². The Hall–Kier alpha value is -1.42. The second-order valence-corrected chi connectivity index (χ2v) is 4.53. The normalized spacial score (nSPS) is 19.6. The number of rotatable bonds is 3. The Balaban J connectivity index is 1.89. The third-order valence-corrected chi connectivity index (χ3v) is 3.25. The Bertz CT molecular complexity index is 391. The van der Waals surface area contributed by atoms with Crippen LogP contribution in [0.25, 0.3) is 0 Å². The van der Waals surface area contributed by atoms with E-state index in [1.165, 1.54) is 12.1 Å². The van der Waals surface area contributed by atoms with Gasteiger partial charge in [-0.2, -0.15) is 0 Å². The molecule has 92 valence electrons. The van der Waals surface area contributed by atoms with Crippen LogP contribution in [0.1, 0.15) is 12.0 Å². The highest BCUT2D eigenvalue weighted by molar-refractivity contribution is 5.78. The molecular formula is C13H17FN2O. The Morgan fingerprint density at radius 3 is 2.76 bits per heavy atom. The minimum Gasteiger partial charge on any atom is -0.341 e. The number of halogens is 1. The lowest BCUT2D eigenvalue weighted by molar-refractivity contribution is -0.128. The van der Waals surface area contributed by atoms with E-state index in [0.717, 1.165) is 31.5 Å². The first-order chi connectivity index (χ1) is 8.19. The molecule has 4 heteroatoms. The first-order valence-corrected chi connectivity index (χ1v) is 5.91. The molecule has 1 aromatic carbocycles. The van der Waals surface area contributed by atoms with Gasteiger partial charge in [-0.25, -0.2) is 4.39 Å². The summed E-state index contributed by atoms with van der Waals surface area (Å²) in [4.78, 5) is 13.2. The zero-order valence-electron chi connectivity index (χ0n) is 9.73. The van der Waals surface area contributed by atoms with Gasteiger partial charge >= 0.3 is 0 Å². The zero-order chi connectivity index (χ0) is 12.3. The van der Waals surface area contributed by atoms with Gasteiger partial charge in [0.25, 0.3) is 0 Å². The molecule has 0 aromatic heterocycles. The van der Waals surface area contributed by atoms with E-state index in [1.807, 2.05) is 17.0 Å². The van der Waals surface area contributed by atoms with Gasteiger partial charge in [0.1, 0.15) is 5.82 Å². The van der Waals surface area contributed by atoms with Crippen LogP contribution in [0.15, 0.2) is 24.3 Å². The van der Waals surface area contributed by atoms with Gasteiger partial charge in [-0.3, -0.25) is 4.79 Å². The molecule has 0 spiro atoms. The lowest BCUT2D eigenvalue weighted by Gasteiger charge is -2.15. The summed E-state index contributed by atoms with van der Waals surface area (Å²) in [5.74, 6) is 0.280. The summed E-state index contributed by atoms with van der Waals surface area (Å²) in [5.41, 5.74) is 6.46. The van der Waals surface area contributed by atoms with Crippen molar-refractivity contribution in [2.45, 2.75) is 12.8 Å². The molecule has 0 bridgehead atoms. The number of amides is 1. The standard InChI is InChI=1S/C13H17FN2O/c14-12-3-1-10(2-4-12)7-11-5-6-16(9-11)13(17)8-15/h1-4,11H,5-9,15H2/t11-/m0/s1. The predicted molar refractivity (Wildman–Crippen MR) is 63.8 cm³/mol. The van der Waals surface area contributed by atoms with E-state index in [2.05, 4.69) is 0 Å². The molecule has 0 radical (unpaired) electrons. The number of nitrogens with two attached hydrogens (primary N) is 1. The van der Waals surface area contributed by atoms with Crippen molar-refractivity contribution in [3.05, 3.63) is 35.6 Å². The second kappa shape index (κ2) is 5.27. The van der Waals surface area contributed by atoms with E-state index in [4.69, 9.17) is 5.73 Å². The average molecular weight is 236 g/mol. The molecular weight excluding hydrogens is 219 g/mol. The van der Waals surface area contributed by atoms with Crippen LogP contribution in [0.2, 0.25) is 0 Å². The van der Waals surface area contributed by atoms with Gasteiger partial charge < -0.3 is 10.6 Å². The molecule has 1 fully saturated rings. The molecule has 3 nitrogen and oxygen atoms in total. The van der Waals surface area contributed by atoms with Crippen LogP contribution >= 0.6 is 0 Å². The van der Waals surface area contributed by atoms with E-state index >= 15 is 0 Å². The maximum absolute atomic E-state index is 12.7. The number of benzene rings is 1. The highest BCUT2D eigenvalue weighted by atomic mass is 19.1. The van der Waals surface area contributed by atoms with Crippen LogP contribution in [0.3, 0.4) is 0 Å². The van der Waals surface area contributed by atoms with Crippen LogP contribution in [0, 0.1) is 11.7 Å². The minimum atomic E-state index is -0.208. The van der Waals surface area contributed by atoms with Crippen LogP contribution in [0.4, 0.5) is 4.39 Å². The quantitative estimate of drug-likeness (QED) is 0.856. The van der Waals surface area contributed by atoms with E-state index in [0.29, 0.717) is 5.92 Å². The lowest BCUT2D eigenvalue weighted by atomic mass is 9.99. The molecule has 1 aliphatic rings. The van der Waals surface area contributed by atoms with Crippen molar-refractivity contribution in [2.24, 2.45) is 11.7 Å². The molecule has 2 rings (SSSR count). The zero-order valence-corrected chi connectivity index (χ0v) is 9.73. The van der Waals surface area contributed by atoms with Crippen molar-refractivity contribution in [3.63, 3.8) is 0 Å². The summed E-state index contributed by atoms with van der Waals surface area (Å²) in [5, 5.41) is 0. The molecule has 1 heterocycles. The van der Waals surface area contributed by atoms with Gasteiger partial charge in [0.2, 0.25) is 5.91 Å². The van der Waals surface area contributed by atoms with Crippen LogP contribution in [-0.4, -0.2) is 30.4 Å². The predicted octanol–water partition coefficient (Wildman–Crippen LogP) is 1.18. The Morgan fingerprint density at radius 1 is 1.41 bits per heavy atom. The number of nitrogens with zero attached hydrogens (tertiary/aromatic N) is 1. The SMILES string of the molecule is NCC(=O)N1CC[C@@H](Cc2ccc(F)cc2)C1. The van der Waals surface area contributed by atoms with E-state index in [9.17, 15) is 9.18 Å². The van der Waals surface area contributed by atoms with Crippen LogP contribution < -0.4 is 5.73 Å². The lowest BCUT2D eigenvalue weighted by Crippen LogP contribution is -2.34. The summed E-state index contributed by atoms with van der Waals surface area (Å²) in [7, 11) is 0. The number of carbonyl (C=O) groups is 1. The smallest absolute Gasteiger partial charge is 0.236 e. The summed E-state index contributed by atoms with van der Waals surface area (Å²) in [6.07, 6.45) is 1.90. The molecule has 1 aliphatic heterocycles. The molecule has 0 unspecified atom stereocenters. The summed E-state index contributed by atoms with van der Waals surface area (Å²) in [6.45, 7) is 1.65. The van der Waals surface area contributed by atoms with Gasteiger partial charge in [0.15, 0.2) is 0 Å². The molecule has 1 aromatic rings. The largest absolute Gasteiger partial charge is 0.341 e. The fourth-order valence-electron chi connectivity index (χ4n) is 2.31. The summed E-state index contributed by atoms with van der Waals surface area (Å²) < 4.78 is 12.7. The van der Waals surface area contributed by atoms with Crippen molar-refractivity contribution < 1.29 is 9.18 Å². The van der Waals surface area contributed by atoms with Crippen molar-refractivity contribution >= 4 is 5.91 Å². The van der Waals surface area contributed by atoms with Gasteiger partial charge in [-0.1, -0.05) is 12.1 Å². The highest BCUT2D eigenvalue weighted by Crippen LogP contribution is 2.20. The molecule has 1 amide bonds. The first-order valence-electron chi connectivity index (χ1n) is 5.91. The summed E-state index contributed by atoms with van der Waals surface area (Å²) in [6, 6.07) is 6.58. The number of hydrogen-bond acceptors (Lipinski definition) is 2.